The average molecular weight is 464 g/mol. The zero-order chi connectivity index (χ0) is 20.9. The molecule has 0 aliphatic carbocycles. The highest BCUT2D eigenvalue weighted by Crippen LogP contribution is 2.28. The van der Waals surface area contributed by atoms with E-state index in [1.807, 2.05) is 0 Å². The van der Waals surface area contributed by atoms with Crippen molar-refractivity contribution in [2.75, 3.05) is 52.5 Å². The Morgan fingerprint density at radius 1 is 1.10 bits per heavy atom. The summed E-state index contributed by atoms with van der Waals surface area (Å²) < 4.78 is 32.3. The standard InChI is InChI=1S/C19H27Cl2N3O4S/c20-17-2-1-3-18(21)16(17)14-29(26,27)24-7-4-15(5-8-24)19(25)22-6-9-23-10-12-28-13-11-23/h1-3,15H,4-14H2,(H,22,25). The van der Waals surface area contributed by atoms with Crippen LogP contribution in [0.5, 0.6) is 0 Å². The zero-order valence-corrected chi connectivity index (χ0v) is 18.6. The Bertz CT molecular complexity index is 787. The molecule has 162 valence electrons. The molecule has 0 unspecified atom stereocenters. The first-order valence-corrected chi connectivity index (χ1v) is 12.2. The highest BCUT2D eigenvalue weighted by Gasteiger charge is 2.32. The minimum absolute atomic E-state index is 0.00413. The van der Waals surface area contributed by atoms with Gasteiger partial charge >= 0.3 is 0 Å². The molecule has 2 aliphatic heterocycles. The van der Waals surface area contributed by atoms with Crippen LogP contribution in [0.15, 0.2) is 18.2 Å². The summed E-state index contributed by atoms with van der Waals surface area (Å²) in [6, 6.07) is 4.95. The lowest BCUT2D eigenvalue weighted by atomic mass is 9.97. The molecule has 7 nitrogen and oxygen atoms in total. The predicted octanol–water partition coefficient (Wildman–Crippen LogP) is 1.98. The minimum atomic E-state index is -3.55. The smallest absolute Gasteiger partial charge is 0.223 e. The van der Waals surface area contributed by atoms with Crippen LogP contribution in [-0.2, 0) is 25.3 Å². The van der Waals surface area contributed by atoms with Crippen LogP contribution in [0.25, 0.3) is 0 Å². The SMILES string of the molecule is O=C(NCCN1CCOCC1)C1CCN(S(=O)(=O)Cc2c(Cl)cccc2Cl)CC1. The maximum atomic E-state index is 12.8. The summed E-state index contributed by atoms with van der Waals surface area (Å²) in [6.07, 6.45) is 1.03. The number of benzene rings is 1. The van der Waals surface area contributed by atoms with Gasteiger partial charge in [0.2, 0.25) is 15.9 Å². The molecule has 0 saturated carbocycles. The second-order valence-electron chi connectivity index (χ2n) is 7.37. The molecule has 10 heteroatoms. The van der Waals surface area contributed by atoms with E-state index in [1.165, 1.54) is 4.31 Å². The number of halogens is 2. The quantitative estimate of drug-likeness (QED) is 0.668. The number of hydrogen-bond acceptors (Lipinski definition) is 5. The molecule has 1 aromatic rings. The number of ether oxygens (including phenoxy) is 1. The number of hydrogen-bond donors (Lipinski definition) is 1. The highest BCUT2D eigenvalue weighted by molar-refractivity contribution is 7.88. The van der Waals surface area contributed by atoms with Crippen LogP contribution in [-0.4, -0.2) is 76.0 Å². The highest BCUT2D eigenvalue weighted by atomic mass is 35.5. The predicted molar refractivity (Wildman–Crippen MR) is 114 cm³/mol. The monoisotopic (exact) mass is 463 g/mol. The lowest BCUT2D eigenvalue weighted by Gasteiger charge is -2.31. The van der Waals surface area contributed by atoms with E-state index in [0.717, 1.165) is 32.8 Å². The van der Waals surface area contributed by atoms with Gasteiger partial charge in [0.1, 0.15) is 0 Å². The Morgan fingerprint density at radius 2 is 1.72 bits per heavy atom. The van der Waals surface area contributed by atoms with Gasteiger partial charge in [-0.05, 0) is 25.0 Å². The molecule has 0 bridgehead atoms. The maximum absolute atomic E-state index is 12.8. The number of piperidine rings is 1. The number of rotatable bonds is 7. The van der Waals surface area contributed by atoms with Gasteiger partial charge in [0.25, 0.3) is 0 Å². The van der Waals surface area contributed by atoms with Gasteiger partial charge < -0.3 is 10.1 Å². The average Bonchev–Trinajstić information content (AvgIpc) is 2.72. The van der Waals surface area contributed by atoms with Gasteiger partial charge in [-0.1, -0.05) is 29.3 Å². The molecule has 2 saturated heterocycles. The molecule has 2 aliphatic rings. The molecule has 1 N–H and O–H groups in total. The first kappa shape index (κ1) is 22.8. The Hall–Kier alpha value is -0.900. The fraction of sp³-hybridized carbons (Fsp3) is 0.632. The van der Waals surface area contributed by atoms with Crippen LogP contribution >= 0.6 is 23.2 Å². The van der Waals surface area contributed by atoms with Crippen LogP contribution < -0.4 is 5.32 Å². The number of morpholine rings is 1. The molecule has 0 radical (unpaired) electrons. The summed E-state index contributed by atoms with van der Waals surface area (Å²) in [6.45, 7) is 5.31. The molecule has 3 rings (SSSR count). The van der Waals surface area contributed by atoms with Crippen molar-refractivity contribution in [3.05, 3.63) is 33.8 Å². The van der Waals surface area contributed by atoms with E-state index in [9.17, 15) is 13.2 Å². The molecule has 1 aromatic carbocycles. The number of nitrogens with zero attached hydrogens (tertiary/aromatic N) is 2. The lowest BCUT2D eigenvalue weighted by molar-refractivity contribution is -0.126. The Labute approximate surface area is 182 Å². The molecule has 0 aromatic heterocycles. The summed E-state index contributed by atoms with van der Waals surface area (Å²) in [5, 5.41) is 3.67. The van der Waals surface area contributed by atoms with E-state index in [-0.39, 0.29) is 17.6 Å². The fourth-order valence-electron chi connectivity index (χ4n) is 3.65. The van der Waals surface area contributed by atoms with E-state index in [0.29, 0.717) is 48.1 Å². The summed E-state index contributed by atoms with van der Waals surface area (Å²) in [5.41, 5.74) is 0.416. The number of carbonyl (C=O) groups excluding carboxylic acids is 1. The van der Waals surface area contributed by atoms with E-state index >= 15 is 0 Å². The van der Waals surface area contributed by atoms with Crippen LogP contribution in [0, 0.1) is 5.92 Å². The van der Waals surface area contributed by atoms with Crippen LogP contribution in [0.2, 0.25) is 10.0 Å². The van der Waals surface area contributed by atoms with Crippen LogP contribution in [0.1, 0.15) is 18.4 Å². The van der Waals surface area contributed by atoms with E-state index in [2.05, 4.69) is 10.2 Å². The normalized spacial score (nSPS) is 19.9. The topological polar surface area (TPSA) is 79.0 Å². The number of nitrogens with one attached hydrogen (secondary N) is 1. The molecule has 1 amide bonds. The summed E-state index contributed by atoms with van der Waals surface area (Å²) in [7, 11) is -3.55. The molecular formula is C19H27Cl2N3O4S. The van der Waals surface area contributed by atoms with Gasteiger partial charge in [-0.3, -0.25) is 9.69 Å². The summed E-state index contributed by atoms with van der Waals surface area (Å²) in [4.78, 5) is 14.7. The third-order valence-corrected chi connectivity index (χ3v) is 7.95. The van der Waals surface area contributed by atoms with Gasteiger partial charge in [-0.15, -0.1) is 0 Å². The van der Waals surface area contributed by atoms with Gasteiger partial charge in [-0.25, -0.2) is 12.7 Å². The maximum Gasteiger partial charge on any atom is 0.223 e. The van der Waals surface area contributed by atoms with Crippen molar-refractivity contribution in [1.29, 1.82) is 0 Å². The van der Waals surface area contributed by atoms with Crippen molar-refractivity contribution < 1.29 is 17.9 Å². The molecule has 0 spiro atoms. The third kappa shape index (κ3) is 6.29. The second-order valence-corrected chi connectivity index (χ2v) is 10.2. The van der Waals surface area contributed by atoms with Crippen molar-refractivity contribution in [2.45, 2.75) is 18.6 Å². The fourth-order valence-corrected chi connectivity index (χ4v) is 5.96. The van der Waals surface area contributed by atoms with Gasteiger partial charge in [0, 0.05) is 60.8 Å². The van der Waals surface area contributed by atoms with Gasteiger partial charge in [0.05, 0.1) is 19.0 Å². The Balaban J connectivity index is 1.45. The number of amides is 1. The zero-order valence-electron chi connectivity index (χ0n) is 16.3. The van der Waals surface area contributed by atoms with E-state index in [1.54, 1.807) is 18.2 Å². The number of sulfonamides is 1. The first-order chi connectivity index (χ1) is 13.9. The molecule has 2 fully saturated rings. The van der Waals surface area contributed by atoms with Crippen molar-refractivity contribution in [1.82, 2.24) is 14.5 Å². The molecule has 29 heavy (non-hydrogen) atoms. The minimum Gasteiger partial charge on any atom is -0.379 e. The lowest BCUT2D eigenvalue weighted by Crippen LogP contribution is -2.45. The molecule has 0 atom stereocenters. The Kier molecular flexibility index (Phi) is 8.18. The third-order valence-electron chi connectivity index (χ3n) is 5.44. The van der Waals surface area contributed by atoms with Crippen molar-refractivity contribution in [3.8, 4) is 0 Å². The van der Waals surface area contributed by atoms with E-state index in [4.69, 9.17) is 27.9 Å². The number of carbonyl (C=O) groups is 1. The largest absolute Gasteiger partial charge is 0.379 e. The van der Waals surface area contributed by atoms with Crippen LogP contribution in [0.3, 0.4) is 0 Å². The van der Waals surface area contributed by atoms with Crippen molar-refractivity contribution in [2.24, 2.45) is 5.92 Å². The molecule has 2 heterocycles. The Morgan fingerprint density at radius 3 is 2.34 bits per heavy atom. The first-order valence-electron chi connectivity index (χ1n) is 9.85. The second kappa shape index (κ2) is 10.4. The van der Waals surface area contributed by atoms with Crippen LogP contribution in [0.4, 0.5) is 0 Å². The van der Waals surface area contributed by atoms with E-state index < -0.39 is 10.0 Å². The van der Waals surface area contributed by atoms with Gasteiger partial charge in [0.15, 0.2) is 0 Å². The molecular weight excluding hydrogens is 437 g/mol. The summed E-state index contributed by atoms with van der Waals surface area (Å²) >= 11 is 12.2. The van der Waals surface area contributed by atoms with Gasteiger partial charge in [-0.2, -0.15) is 0 Å². The summed E-state index contributed by atoms with van der Waals surface area (Å²) in [5.74, 6) is -0.387. The van der Waals surface area contributed by atoms with Crippen molar-refractivity contribution >= 4 is 39.1 Å². The van der Waals surface area contributed by atoms with Crippen molar-refractivity contribution in [3.63, 3.8) is 0 Å².